The van der Waals surface area contributed by atoms with Crippen LogP contribution >= 0.6 is 11.5 Å². The van der Waals surface area contributed by atoms with Gasteiger partial charge >= 0.3 is 12.0 Å². The van der Waals surface area contributed by atoms with Gasteiger partial charge in [0.2, 0.25) is 5.13 Å². The van der Waals surface area contributed by atoms with Crippen LogP contribution in [0.5, 0.6) is 0 Å². The number of aliphatic carboxylic acids is 1. The molecule has 0 fully saturated rings. The molecule has 8 nitrogen and oxygen atoms in total. The summed E-state index contributed by atoms with van der Waals surface area (Å²) in [7, 11) is 0. The zero-order valence-corrected chi connectivity index (χ0v) is 10.9. The number of carboxylic acid groups (broad SMARTS) is 1. The number of carbonyl (C=O) groups is 2. The number of nitrogens with one attached hydrogen (secondary N) is 1. The van der Waals surface area contributed by atoms with Gasteiger partial charge in [-0.1, -0.05) is 27.8 Å². The van der Waals surface area contributed by atoms with Gasteiger partial charge in [0.1, 0.15) is 6.04 Å². The second-order valence-corrected chi connectivity index (χ2v) is 4.89. The summed E-state index contributed by atoms with van der Waals surface area (Å²) in [6.07, 6.45) is 0.285. The molecule has 2 N–H and O–H groups in total. The fraction of sp³-hybridized carbons (Fsp3) is 0.182. The summed E-state index contributed by atoms with van der Waals surface area (Å²) in [6, 6.07) is 5.62. The first-order chi connectivity index (χ1) is 9.66. The Morgan fingerprint density at radius 3 is 2.90 bits per heavy atom. The van der Waals surface area contributed by atoms with Crippen LogP contribution in [-0.4, -0.2) is 37.9 Å². The van der Waals surface area contributed by atoms with E-state index in [0.717, 1.165) is 17.1 Å². The topological polar surface area (TPSA) is 108 Å². The Bertz CT molecular complexity index is 660. The Hall–Kier alpha value is -2.55. The maximum Gasteiger partial charge on any atom is 0.329 e. The molecule has 1 aromatic heterocycles. The first kappa shape index (κ1) is 12.5. The van der Waals surface area contributed by atoms with E-state index in [-0.39, 0.29) is 11.6 Å². The van der Waals surface area contributed by atoms with Crippen molar-refractivity contribution < 1.29 is 14.7 Å². The van der Waals surface area contributed by atoms with Crippen LogP contribution in [0.25, 0.3) is 0 Å². The second kappa shape index (κ2) is 4.85. The number of rotatable bonds is 2. The third kappa shape index (κ3) is 2.07. The summed E-state index contributed by atoms with van der Waals surface area (Å²) < 4.78 is 3.53. The molecule has 1 aliphatic heterocycles. The smallest absolute Gasteiger partial charge is 0.329 e. The number of fused-ring (bicyclic) bond motifs is 1. The van der Waals surface area contributed by atoms with Crippen molar-refractivity contribution in [1.82, 2.24) is 14.8 Å². The number of urea groups is 1. The molecule has 0 bridgehead atoms. The number of aromatic nitrogens is 3. The van der Waals surface area contributed by atoms with Gasteiger partial charge in [-0.15, -0.1) is 0 Å². The molecule has 2 amide bonds. The minimum atomic E-state index is -1.05. The summed E-state index contributed by atoms with van der Waals surface area (Å²) in [5.74, 6) is -1.05. The quantitative estimate of drug-likeness (QED) is 0.853. The maximum absolute atomic E-state index is 12.3. The molecule has 9 heteroatoms. The largest absolute Gasteiger partial charge is 0.480 e. The molecular weight excluding hydrogens is 282 g/mol. The second-order valence-electron chi connectivity index (χ2n) is 4.15. The fourth-order valence-corrected chi connectivity index (χ4v) is 2.52. The van der Waals surface area contributed by atoms with E-state index in [4.69, 9.17) is 0 Å². The molecular formula is C11H9N5O3S. The summed E-state index contributed by atoms with van der Waals surface area (Å²) in [6.45, 7) is 0. The lowest BCUT2D eigenvalue weighted by atomic mass is 10.1. The Labute approximate surface area is 117 Å². The normalized spacial score (nSPS) is 16.8. The SMILES string of the molecule is O=C(O)C1Cc2ccccc2N1C(=O)Nc1nnns1. The lowest BCUT2D eigenvalue weighted by molar-refractivity contribution is -0.138. The molecule has 0 spiro atoms. The van der Waals surface area contributed by atoms with Gasteiger partial charge in [-0.3, -0.25) is 10.2 Å². The van der Waals surface area contributed by atoms with Gasteiger partial charge in [-0.25, -0.2) is 9.59 Å². The van der Waals surface area contributed by atoms with Crippen LogP contribution < -0.4 is 10.2 Å². The summed E-state index contributed by atoms with van der Waals surface area (Å²) in [4.78, 5) is 24.8. The highest BCUT2D eigenvalue weighted by Gasteiger charge is 2.38. The van der Waals surface area contributed by atoms with E-state index in [2.05, 4.69) is 20.1 Å². The van der Waals surface area contributed by atoms with Crippen LogP contribution in [0.4, 0.5) is 15.6 Å². The van der Waals surface area contributed by atoms with Crippen LogP contribution in [0.3, 0.4) is 0 Å². The number of amides is 2. The van der Waals surface area contributed by atoms with Gasteiger partial charge in [0.15, 0.2) is 0 Å². The number of carboxylic acids is 1. The highest BCUT2D eigenvalue weighted by molar-refractivity contribution is 7.09. The van der Waals surface area contributed by atoms with Crippen molar-refractivity contribution in [2.24, 2.45) is 0 Å². The van der Waals surface area contributed by atoms with E-state index in [0.29, 0.717) is 5.69 Å². The zero-order valence-electron chi connectivity index (χ0n) is 10.1. The Kier molecular flexibility index (Phi) is 3.03. The molecule has 1 aliphatic rings. The molecule has 0 saturated carbocycles. The summed E-state index contributed by atoms with van der Waals surface area (Å²) >= 11 is 0.923. The van der Waals surface area contributed by atoms with E-state index in [1.54, 1.807) is 12.1 Å². The van der Waals surface area contributed by atoms with Crippen molar-refractivity contribution in [3.8, 4) is 0 Å². The molecule has 0 saturated heterocycles. The number of carbonyl (C=O) groups excluding carboxylic acids is 1. The molecule has 1 unspecified atom stereocenters. The first-order valence-electron chi connectivity index (χ1n) is 5.73. The van der Waals surface area contributed by atoms with E-state index in [1.165, 1.54) is 4.90 Å². The molecule has 2 heterocycles. The number of hydrogen-bond acceptors (Lipinski definition) is 6. The van der Waals surface area contributed by atoms with Crippen LogP contribution in [0.1, 0.15) is 5.56 Å². The molecule has 1 atom stereocenters. The number of hydrogen-bond donors (Lipinski definition) is 2. The highest BCUT2D eigenvalue weighted by Crippen LogP contribution is 2.32. The van der Waals surface area contributed by atoms with E-state index >= 15 is 0 Å². The van der Waals surface area contributed by atoms with Crippen molar-refractivity contribution in [3.63, 3.8) is 0 Å². The Morgan fingerprint density at radius 1 is 1.40 bits per heavy atom. The fourth-order valence-electron chi connectivity index (χ4n) is 2.17. The van der Waals surface area contributed by atoms with Crippen molar-refractivity contribution in [1.29, 1.82) is 0 Å². The van der Waals surface area contributed by atoms with Crippen molar-refractivity contribution in [2.75, 3.05) is 10.2 Å². The zero-order chi connectivity index (χ0) is 14.1. The lowest BCUT2D eigenvalue weighted by Crippen LogP contribution is -2.45. The van der Waals surface area contributed by atoms with Crippen LogP contribution in [0, 0.1) is 0 Å². The van der Waals surface area contributed by atoms with Crippen molar-refractivity contribution in [2.45, 2.75) is 12.5 Å². The van der Waals surface area contributed by atoms with Crippen LogP contribution in [0.15, 0.2) is 24.3 Å². The number of benzene rings is 1. The average molecular weight is 291 g/mol. The monoisotopic (exact) mass is 291 g/mol. The van der Waals surface area contributed by atoms with Gasteiger partial charge in [0.05, 0.1) is 0 Å². The maximum atomic E-state index is 12.3. The highest BCUT2D eigenvalue weighted by atomic mass is 32.1. The number of anilines is 2. The van der Waals surface area contributed by atoms with Gasteiger partial charge < -0.3 is 5.11 Å². The standard InChI is InChI=1S/C11H9N5O3S/c17-9(18)8-5-6-3-1-2-4-7(6)16(8)11(19)12-10-13-14-15-20-10/h1-4,8H,5H2,(H,17,18)(H,12,13,15,19). The van der Waals surface area contributed by atoms with E-state index in [1.807, 2.05) is 12.1 Å². The molecule has 0 aliphatic carbocycles. The molecule has 2 aromatic rings. The average Bonchev–Trinajstić information content (AvgIpc) is 3.04. The first-order valence-corrected chi connectivity index (χ1v) is 6.50. The minimum Gasteiger partial charge on any atom is -0.480 e. The lowest BCUT2D eigenvalue weighted by Gasteiger charge is -2.22. The van der Waals surface area contributed by atoms with Crippen LogP contribution in [0.2, 0.25) is 0 Å². The summed E-state index contributed by atoms with van der Waals surface area (Å²) in [5.41, 5.74) is 1.42. The van der Waals surface area contributed by atoms with Gasteiger partial charge in [0.25, 0.3) is 0 Å². The minimum absolute atomic E-state index is 0.225. The molecule has 102 valence electrons. The van der Waals surface area contributed by atoms with Gasteiger partial charge in [0, 0.05) is 23.6 Å². The summed E-state index contributed by atoms with van der Waals surface area (Å²) in [5, 5.41) is 19.0. The third-order valence-corrected chi connectivity index (χ3v) is 3.50. The Morgan fingerprint density at radius 2 is 2.20 bits per heavy atom. The molecule has 3 rings (SSSR count). The van der Waals surface area contributed by atoms with Crippen LogP contribution in [-0.2, 0) is 11.2 Å². The molecule has 1 aromatic carbocycles. The number of nitrogens with zero attached hydrogens (tertiary/aromatic N) is 4. The predicted molar refractivity (Wildman–Crippen MR) is 70.8 cm³/mol. The number of para-hydroxylation sites is 1. The molecule has 20 heavy (non-hydrogen) atoms. The third-order valence-electron chi connectivity index (χ3n) is 2.99. The van der Waals surface area contributed by atoms with Gasteiger partial charge in [-0.2, -0.15) is 0 Å². The van der Waals surface area contributed by atoms with E-state index < -0.39 is 18.0 Å². The van der Waals surface area contributed by atoms with Crippen molar-refractivity contribution >= 4 is 34.4 Å². The predicted octanol–water partition coefficient (Wildman–Crippen LogP) is 0.981. The van der Waals surface area contributed by atoms with Crippen molar-refractivity contribution in [3.05, 3.63) is 29.8 Å². The van der Waals surface area contributed by atoms with E-state index in [9.17, 15) is 14.7 Å². The Balaban J connectivity index is 1.92. The van der Waals surface area contributed by atoms with Gasteiger partial charge in [-0.05, 0) is 16.8 Å². The molecule has 0 radical (unpaired) electrons.